The van der Waals surface area contributed by atoms with E-state index in [1.165, 1.54) is 23.9 Å². The minimum Gasteiger partial charge on any atom is -0.271 e. The minimum absolute atomic E-state index is 0.0766. The number of pyridine rings is 1. The van der Waals surface area contributed by atoms with Crippen molar-refractivity contribution in [3.05, 3.63) is 90.6 Å². The van der Waals surface area contributed by atoms with Crippen LogP contribution in [0.15, 0.2) is 95.1 Å². The summed E-state index contributed by atoms with van der Waals surface area (Å²) in [6.07, 6.45) is 2.11. The van der Waals surface area contributed by atoms with Crippen molar-refractivity contribution in [3.8, 4) is 0 Å². The van der Waals surface area contributed by atoms with E-state index in [0.29, 0.717) is 6.42 Å². The maximum absolute atomic E-state index is 13.2. The van der Waals surface area contributed by atoms with Gasteiger partial charge in [0.15, 0.2) is 0 Å². The number of hydrazone groups is 1. The lowest BCUT2D eigenvalue weighted by Gasteiger charge is -2.25. The molecular weight excluding hydrogens is 436 g/mol. The van der Waals surface area contributed by atoms with Gasteiger partial charge in [0.25, 0.3) is 15.9 Å². The van der Waals surface area contributed by atoms with Crippen LogP contribution in [0.2, 0.25) is 0 Å². The summed E-state index contributed by atoms with van der Waals surface area (Å²) < 4.78 is 27.4. The second kappa shape index (κ2) is 10.4. The molecular formula is C25H28N4O3S. The van der Waals surface area contributed by atoms with E-state index in [1.54, 1.807) is 36.4 Å². The predicted molar refractivity (Wildman–Crippen MR) is 131 cm³/mol. The second-order valence-corrected chi connectivity index (χ2v) is 10.2. The largest absolute Gasteiger partial charge is 0.271 e. The Morgan fingerprint density at radius 1 is 0.970 bits per heavy atom. The zero-order valence-electron chi connectivity index (χ0n) is 19.0. The Kier molecular flexibility index (Phi) is 7.60. The molecule has 0 unspecified atom stereocenters. The molecule has 1 aromatic heterocycles. The van der Waals surface area contributed by atoms with Gasteiger partial charge in [0.05, 0.1) is 4.90 Å². The number of nitrogens with one attached hydrogen (secondary N) is 1. The molecule has 1 amide bonds. The van der Waals surface area contributed by atoms with Crippen LogP contribution in [0.25, 0.3) is 0 Å². The summed E-state index contributed by atoms with van der Waals surface area (Å²) in [5.41, 5.74) is 4.22. The summed E-state index contributed by atoms with van der Waals surface area (Å²) in [5, 5.41) is 4.21. The third-order valence-corrected chi connectivity index (χ3v) is 6.91. The smallest absolute Gasteiger partial charge is 0.265 e. The number of hydrogen-bond acceptors (Lipinski definition) is 5. The Hall–Kier alpha value is -3.52. The average Bonchev–Trinajstić information content (AvgIpc) is 2.82. The van der Waals surface area contributed by atoms with Crippen molar-refractivity contribution in [1.29, 1.82) is 0 Å². The van der Waals surface area contributed by atoms with Crippen LogP contribution in [0.1, 0.15) is 32.8 Å². The standard InChI is InChI=1S/C25H28N4O3S/c1-20(18-25(2,3)21-12-6-4-7-13-21)27-28-24(30)19-29(23-16-10-11-17-26-23)33(31,32)22-14-8-5-9-15-22/h4-17H,18-19H2,1-3H3,(H,28,30)/b27-20-. The maximum Gasteiger partial charge on any atom is 0.265 e. The first-order valence-electron chi connectivity index (χ1n) is 10.6. The number of aromatic nitrogens is 1. The molecule has 0 bridgehead atoms. The molecule has 0 radical (unpaired) electrons. The highest BCUT2D eigenvalue weighted by atomic mass is 32.2. The molecule has 2 aromatic carbocycles. The number of rotatable bonds is 9. The Labute approximate surface area is 195 Å². The van der Waals surface area contributed by atoms with E-state index in [0.717, 1.165) is 10.0 Å². The van der Waals surface area contributed by atoms with Crippen LogP contribution in [-0.4, -0.2) is 31.6 Å². The molecule has 33 heavy (non-hydrogen) atoms. The summed E-state index contributed by atoms with van der Waals surface area (Å²) in [5.74, 6) is -0.403. The van der Waals surface area contributed by atoms with Crippen LogP contribution in [0, 0.1) is 0 Å². The van der Waals surface area contributed by atoms with E-state index >= 15 is 0 Å². The van der Waals surface area contributed by atoms with Gasteiger partial charge in [0.2, 0.25) is 0 Å². The number of amides is 1. The number of hydrogen-bond donors (Lipinski definition) is 1. The van der Waals surface area contributed by atoms with Gasteiger partial charge in [0.1, 0.15) is 12.4 Å². The number of sulfonamides is 1. The third-order valence-electron chi connectivity index (χ3n) is 5.15. The van der Waals surface area contributed by atoms with Crippen LogP contribution in [0.3, 0.4) is 0 Å². The predicted octanol–water partition coefficient (Wildman–Crippen LogP) is 4.14. The fourth-order valence-electron chi connectivity index (χ4n) is 3.50. The van der Waals surface area contributed by atoms with E-state index in [9.17, 15) is 13.2 Å². The highest BCUT2D eigenvalue weighted by Crippen LogP contribution is 2.27. The Balaban J connectivity index is 1.75. The molecule has 0 aliphatic rings. The fraction of sp³-hybridized carbons (Fsp3) is 0.240. The van der Waals surface area contributed by atoms with Gasteiger partial charge in [-0.15, -0.1) is 0 Å². The summed E-state index contributed by atoms with van der Waals surface area (Å²) in [6, 6.07) is 22.9. The molecule has 7 nitrogen and oxygen atoms in total. The monoisotopic (exact) mass is 464 g/mol. The quantitative estimate of drug-likeness (QED) is 0.381. The third kappa shape index (κ3) is 6.26. The number of carbonyl (C=O) groups is 1. The van der Waals surface area contributed by atoms with Gasteiger partial charge in [-0.25, -0.2) is 23.1 Å². The fourth-order valence-corrected chi connectivity index (χ4v) is 4.90. The SMILES string of the molecule is C/C(CC(C)(C)c1ccccc1)=N/NC(=O)CN(c1ccccn1)S(=O)(=O)c1ccccc1. The van der Waals surface area contributed by atoms with Crippen LogP contribution >= 0.6 is 0 Å². The lowest BCUT2D eigenvalue weighted by molar-refractivity contribution is -0.119. The average molecular weight is 465 g/mol. The highest BCUT2D eigenvalue weighted by molar-refractivity contribution is 7.92. The summed E-state index contributed by atoms with van der Waals surface area (Å²) >= 11 is 0. The van der Waals surface area contributed by atoms with Crippen molar-refractivity contribution in [2.75, 3.05) is 10.8 Å². The van der Waals surface area contributed by atoms with Crippen molar-refractivity contribution in [2.45, 2.75) is 37.5 Å². The summed E-state index contributed by atoms with van der Waals surface area (Å²) in [6.45, 7) is 5.60. The van der Waals surface area contributed by atoms with E-state index in [2.05, 4.69) is 41.5 Å². The zero-order chi connectivity index (χ0) is 23.9. The molecule has 0 saturated carbocycles. The van der Waals surface area contributed by atoms with Crippen LogP contribution in [0.4, 0.5) is 5.82 Å². The van der Waals surface area contributed by atoms with Gasteiger partial charge in [-0.2, -0.15) is 5.10 Å². The molecule has 1 N–H and O–H groups in total. The topological polar surface area (TPSA) is 91.7 Å². The van der Waals surface area contributed by atoms with Gasteiger partial charge in [-0.3, -0.25) is 4.79 Å². The lowest BCUT2D eigenvalue weighted by Crippen LogP contribution is -2.40. The Morgan fingerprint density at radius 2 is 1.58 bits per heavy atom. The van der Waals surface area contributed by atoms with Crippen molar-refractivity contribution in [3.63, 3.8) is 0 Å². The molecule has 0 aliphatic heterocycles. The number of nitrogens with zero attached hydrogens (tertiary/aromatic N) is 3. The van der Waals surface area contributed by atoms with E-state index < -0.39 is 22.5 Å². The van der Waals surface area contributed by atoms with Crippen molar-refractivity contribution < 1.29 is 13.2 Å². The second-order valence-electron chi connectivity index (χ2n) is 8.32. The normalized spacial score (nSPS) is 12.3. The number of carbonyl (C=O) groups excluding carboxylic acids is 1. The summed E-state index contributed by atoms with van der Waals surface area (Å²) in [4.78, 5) is 16.9. The molecule has 3 rings (SSSR count). The highest BCUT2D eigenvalue weighted by Gasteiger charge is 2.28. The molecule has 3 aromatic rings. The molecule has 0 saturated heterocycles. The van der Waals surface area contributed by atoms with Crippen LogP contribution in [0.5, 0.6) is 0 Å². The zero-order valence-corrected chi connectivity index (χ0v) is 19.8. The molecule has 0 fully saturated rings. The van der Waals surface area contributed by atoms with Gasteiger partial charge in [-0.05, 0) is 48.6 Å². The van der Waals surface area contributed by atoms with E-state index in [1.807, 2.05) is 25.1 Å². The van der Waals surface area contributed by atoms with Crippen LogP contribution in [-0.2, 0) is 20.2 Å². The van der Waals surface area contributed by atoms with Gasteiger partial charge >= 0.3 is 0 Å². The lowest BCUT2D eigenvalue weighted by atomic mass is 9.80. The Morgan fingerprint density at radius 3 is 2.18 bits per heavy atom. The first kappa shape index (κ1) is 24.1. The first-order valence-corrected chi connectivity index (χ1v) is 12.0. The van der Waals surface area contributed by atoms with Gasteiger partial charge < -0.3 is 0 Å². The molecule has 8 heteroatoms. The van der Waals surface area contributed by atoms with Crippen molar-refractivity contribution >= 4 is 27.5 Å². The van der Waals surface area contributed by atoms with Crippen molar-refractivity contribution in [1.82, 2.24) is 10.4 Å². The number of anilines is 1. The summed E-state index contributed by atoms with van der Waals surface area (Å²) in [7, 11) is -3.99. The van der Waals surface area contributed by atoms with E-state index in [4.69, 9.17) is 0 Å². The van der Waals surface area contributed by atoms with Gasteiger partial charge in [0, 0.05) is 11.9 Å². The molecule has 1 heterocycles. The Bertz CT molecular complexity index is 1200. The molecule has 172 valence electrons. The molecule has 0 spiro atoms. The molecule has 0 atom stereocenters. The van der Waals surface area contributed by atoms with Crippen LogP contribution < -0.4 is 9.73 Å². The molecule has 0 aliphatic carbocycles. The van der Waals surface area contributed by atoms with Gasteiger partial charge in [-0.1, -0.05) is 68.4 Å². The first-order chi connectivity index (χ1) is 15.7. The van der Waals surface area contributed by atoms with Crippen molar-refractivity contribution in [2.24, 2.45) is 5.10 Å². The maximum atomic E-state index is 13.2. The van der Waals surface area contributed by atoms with E-state index in [-0.39, 0.29) is 16.1 Å². The minimum atomic E-state index is -3.99. The number of benzene rings is 2.